The van der Waals surface area contributed by atoms with E-state index >= 15 is 0 Å². The molecule has 1 aromatic heterocycles. The summed E-state index contributed by atoms with van der Waals surface area (Å²) >= 11 is 1.52. The summed E-state index contributed by atoms with van der Waals surface area (Å²) in [6.45, 7) is 1.91. The Kier molecular flexibility index (Phi) is 4.65. The van der Waals surface area contributed by atoms with Gasteiger partial charge >= 0.3 is 0 Å². The second kappa shape index (κ2) is 6.45. The molecule has 19 heavy (non-hydrogen) atoms. The number of aromatic nitrogens is 1. The summed E-state index contributed by atoms with van der Waals surface area (Å²) < 4.78 is 0. The van der Waals surface area contributed by atoms with Crippen LogP contribution < -0.4 is 11.1 Å². The Hall–Kier alpha value is -1.72. The third-order valence-corrected chi connectivity index (χ3v) is 3.77. The first-order chi connectivity index (χ1) is 9.16. The van der Waals surface area contributed by atoms with Crippen LogP contribution >= 0.6 is 11.3 Å². The van der Waals surface area contributed by atoms with Crippen molar-refractivity contribution < 1.29 is 4.79 Å². The zero-order valence-corrected chi connectivity index (χ0v) is 11.6. The third kappa shape index (κ3) is 3.87. The van der Waals surface area contributed by atoms with Gasteiger partial charge in [0.05, 0.1) is 12.1 Å². The van der Waals surface area contributed by atoms with Crippen LogP contribution in [0.5, 0.6) is 0 Å². The molecule has 0 fully saturated rings. The number of nitrogens with two attached hydrogens (primary N) is 1. The van der Waals surface area contributed by atoms with E-state index in [1.54, 1.807) is 6.20 Å². The highest BCUT2D eigenvalue weighted by atomic mass is 32.1. The molecule has 1 unspecified atom stereocenters. The highest BCUT2D eigenvalue weighted by molar-refractivity contribution is 7.09. The predicted molar refractivity (Wildman–Crippen MR) is 76.8 cm³/mol. The zero-order valence-electron chi connectivity index (χ0n) is 10.7. The van der Waals surface area contributed by atoms with E-state index < -0.39 is 6.04 Å². The monoisotopic (exact) mass is 275 g/mol. The second-order valence-corrected chi connectivity index (χ2v) is 5.32. The smallest absolute Gasteiger partial charge is 0.237 e. The van der Waals surface area contributed by atoms with Crippen LogP contribution in [0.3, 0.4) is 0 Å². The van der Waals surface area contributed by atoms with E-state index in [2.05, 4.69) is 10.3 Å². The number of hydrogen-bond acceptors (Lipinski definition) is 4. The number of nitrogens with one attached hydrogen (secondary N) is 1. The molecule has 5 heteroatoms. The van der Waals surface area contributed by atoms with E-state index in [1.807, 2.05) is 42.6 Å². The van der Waals surface area contributed by atoms with Gasteiger partial charge in [-0.15, -0.1) is 11.3 Å². The summed E-state index contributed by atoms with van der Waals surface area (Å²) in [7, 11) is 0. The van der Waals surface area contributed by atoms with Gasteiger partial charge in [-0.1, -0.05) is 30.3 Å². The van der Waals surface area contributed by atoms with Crippen LogP contribution in [-0.4, -0.2) is 16.9 Å². The van der Waals surface area contributed by atoms with Gasteiger partial charge < -0.3 is 11.1 Å². The number of hydrogen-bond donors (Lipinski definition) is 2. The molecule has 2 atom stereocenters. The molecular formula is C14H17N3OS. The molecule has 2 rings (SSSR count). The van der Waals surface area contributed by atoms with Gasteiger partial charge in [0.25, 0.3) is 0 Å². The summed E-state index contributed by atoms with van der Waals surface area (Å²) in [5.41, 5.74) is 6.98. The van der Waals surface area contributed by atoms with Crippen LogP contribution in [0.2, 0.25) is 0 Å². The maximum Gasteiger partial charge on any atom is 0.237 e. The molecule has 0 aliphatic rings. The molecule has 0 radical (unpaired) electrons. The lowest BCUT2D eigenvalue weighted by atomic mass is 10.1. The topological polar surface area (TPSA) is 68.0 Å². The molecule has 4 nitrogen and oxygen atoms in total. The molecular weight excluding hydrogens is 258 g/mol. The molecule has 0 spiro atoms. The predicted octanol–water partition coefficient (Wildman–Crippen LogP) is 1.89. The Morgan fingerprint density at radius 3 is 2.79 bits per heavy atom. The van der Waals surface area contributed by atoms with Gasteiger partial charge in [-0.3, -0.25) is 4.79 Å². The first-order valence-corrected chi connectivity index (χ1v) is 7.04. The Labute approximate surface area is 116 Å². The maximum absolute atomic E-state index is 12.0. The van der Waals surface area contributed by atoms with Crippen molar-refractivity contribution in [3.05, 3.63) is 52.5 Å². The molecule has 1 amide bonds. The Bertz CT molecular complexity index is 513. The Morgan fingerprint density at radius 2 is 2.16 bits per heavy atom. The molecule has 100 valence electrons. The lowest BCUT2D eigenvalue weighted by molar-refractivity contribution is -0.123. The average Bonchev–Trinajstić information content (AvgIpc) is 2.93. The summed E-state index contributed by atoms with van der Waals surface area (Å²) in [4.78, 5) is 16.2. The molecule has 2 aromatic rings. The maximum atomic E-state index is 12.0. The highest BCUT2D eigenvalue weighted by Gasteiger charge is 2.17. The summed E-state index contributed by atoms with van der Waals surface area (Å²) in [5.74, 6) is -0.147. The third-order valence-electron chi connectivity index (χ3n) is 2.82. The number of amides is 1. The number of thiazole rings is 1. The van der Waals surface area contributed by atoms with E-state index in [1.165, 1.54) is 11.3 Å². The Morgan fingerprint density at radius 1 is 1.42 bits per heavy atom. The van der Waals surface area contributed by atoms with Gasteiger partial charge in [-0.2, -0.15) is 0 Å². The van der Waals surface area contributed by atoms with Crippen molar-refractivity contribution in [1.29, 1.82) is 0 Å². The van der Waals surface area contributed by atoms with Crippen molar-refractivity contribution in [3.63, 3.8) is 0 Å². The van der Waals surface area contributed by atoms with Crippen molar-refractivity contribution in [2.75, 3.05) is 0 Å². The number of carbonyl (C=O) groups is 1. The molecule has 0 saturated carbocycles. The normalized spacial score (nSPS) is 13.8. The fourth-order valence-electron chi connectivity index (χ4n) is 1.79. The second-order valence-electron chi connectivity index (χ2n) is 4.40. The quantitative estimate of drug-likeness (QED) is 0.875. The van der Waals surface area contributed by atoms with Crippen molar-refractivity contribution in [2.24, 2.45) is 5.73 Å². The van der Waals surface area contributed by atoms with Gasteiger partial charge in [0.2, 0.25) is 5.91 Å². The number of carbonyl (C=O) groups excluding carboxylic acids is 1. The van der Waals surface area contributed by atoms with E-state index in [9.17, 15) is 4.79 Å². The van der Waals surface area contributed by atoms with E-state index in [0.29, 0.717) is 6.42 Å². The van der Waals surface area contributed by atoms with Crippen molar-refractivity contribution in [2.45, 2.75) is 25.4 Å². The minimum absolute atomic E-state index is 0.102. The van der Waals surface area contributed by atoms with Crippen molar-refractivity contribution in [1.82, 2.24) is 10.3 Å². The average molecular weight is 275 g/mol. The van der Waals surface area contributed by atoms with Crippen molar-refractivity contribution >= 4 is 17.2 Å². The molecule has 3 N–H and O–H groups in total. The van der Waals surface area contributed by atoms with Crippen LogP contribution in [0.25, 0.3) is 0 Å². The molecule has 0 aliphatic carbocycles. The summed E-state index contributed by atoms with van der Waals surface area (Å²) in [5, 5.41) is 5.67. The molecule has 0 saturated heterocycles. The van der Waals surface area contributed by atoms with Gasteiger partial charge in [0.15, 0.2) is 0 Å². The van der Waals surface area contributed by atoms with Gasteiger partial charge in [0, 0.05) is 11.6 Å². The lowest BCUT2D eigenvalue weighted by Crippen LogP contribution is -2.42. The molecule has 1 heterocycles. The lowest BCUT2D eigenvalue weighted by Gasteiger charge is -2.16. The van der Waals surface area contributed by atoms with Gasteiger partial charge in [-0.05, 0) is 18.9 Å². The zero-order chi connectivity index (χ0) is 13.7. The van der Waals surface area contributed by atoms with Crippen LogP contribution in [-0.2, 0) is 11.2 Å². The molecule has 0 bridgehead atoms. The van der Waals surface area contributed by atoms with E-state index in [0.717, 1.165) is 10.6 Å². The first kappa shape index (κ1) is 13.7. The number of benzene rings is 1. The highest BCUT2D eigenvalue weighted by Crippen LogP contribution is 2.14. The number of rotatable bonds is 5. The van der Waals surface area contributed by atoms with Crippen LogP contribution in [0.4, 0.5) is 0 Å². The summed E-state index contributed by atoms with van der Waals surface area (Å²) in [6, 6.07) is 9.13. The van der Waals surface area contributed by atoms with E-state index in [4.69, 9.17) is 5.73 Å². The van der Waals surface area contributed by atoms with Crippen LogP contribution in [0.15, 0.2) is 41.9 Å². The van der Waals surface area contributed by atoms with Crippen molar-refractivity contribution in [3.8, 4) is 0 Å². The summed E-state index contributed by atoms with van der Waals surface area (Å²) in [6.07, 6.45) is 2.27. The van der Waals surface area contributed by atoms with Crippen LogP contribution in [0, 0.1) is 0 Å². The van der Waals surface area contributed by atoms with Gasteiger partial charge in [-0.25, -0.2) is 4.98 Å². The molecule has 1 aromatic carbocycles. The minimum Gasteiger partial charge on any atom is -0.346 e. The Balaban J connectivity index is 1.89. The van der Waals surface area contributed by atoms with Crippen LogP contribution in [0.1, 0.15) is 23.5 Å². The SMILES string of the molecule is CC(NC(=O)[C@H](N)Cc1ccccc1)c1nccs1. The minimum atomic E-state index is -0.537. The first-order valence-electron chi connectivity index (χ1n) is 6.16. The largest absolute Gasteiger partial charge is 0.346 e. The fourth-order valence-corrected chi connectivity index (χ4v) is 2.44. The van der Waals surface area contributed by atoms with E-state index in [-0.39, 0.29) is 11.9 Å². The molecule has 0 aliphatic heterocycles. The number of nitrogens with zero attached hydrogens (tertiary/aromatic N) is 1. The standard InChI is InChI=1S/C14H17N3OS/c1-10(14-16-7-8-19-14)17-13(18)12(15)9-11-5-3-2-4-6-11/h2-8,10,12H,9,15H2,1H3,(H,17,18)/t10?,12-/m1/s1. The fraction of sp³-hybridized carbons (Fsp3) is 0.286. The van der Waals surface area contributed by atoms with Gasteiger partial charge in [0.1, 0.15) is 5.01 Å².